The van der Waals surface area contributed by atoms with Gasteiger partial charge in [-0.3, -0.25) is 0 Å². The number of hydrogen-bond acceptors (Lipinski definition) is 0. The molecular formula is C9H5BrCl2. The summed E-state index contributed by atoms with van der Waals surface area (Å²) < 4.78 is 0. The summed E-state index contributed by atoms with van der Waals surface area (Å²) in [5.74, 6) is 5.80. The molecule has 0 aliphatic rings. The van der Waals surface area contributed by atoms with Crippen LogP contribution in [0.5, 0.6) is 0 Å². The molecule has 62 valence electrons. The second-order valence-corrected chi connectivity index (χ2v) is 3.44. The van der Waals surface area contributed by atoms with Gasteiger partial charge in [-0.05, 0) is 18.2 Å². The van der Waals surface area contributed by atoms with Gasteiger partial charge in [0.1, 0.15) is 0 Å². The highest BCUT2D eigenvalue weighted by atomic mass is 79.9. The molecule has 0 aliphatic carbocycles. The summed E-state index contributed by atoms with van der Waals surface area (Å²) in [7, 11) is 0. The SMILES string of the molecule is Clc1ccc(C#CCBr)cc1Cl. The molecule has 3 heteroatoms. The first-order valence-corrected chi connectivity index (χ1v) is 5.11. The topological polar surface area (TPSA) is 0 Å². The van der Waals surface area contributed by atoms with E-state index in [4.69, 9.17) is 23.2 Å². The number of rotatable bonds is 0. The molecular weight excluding hydrogens is 259 g/mol. The summed E-state index contributed by atoms with van der Waals surface area (Å²) in [6.45, 7) is 0. The largest absolute Gasteiger partial charge is 0.0863 e. The van der Waals surface area contributed by atoms with Gasteiger partial charge in [-0.15, -0.1) is 0 Å². The Morgan fingerprint density at radius 2 is 2.00 bits per heavy atom. The summed E-state index contributed by atoms with van der Waals surface area (Å²) >= 11 is 14.7. The minimum Gasteiger partial charge on any atom is -0.0863 e. The third-order valence-corrected chi connectivity index (χ3v) is 2.24. The Hall–Kier alpha value is -0.160. The molecule has 0 aliphatic heterocycles. The van der Waals surface area contributed by atoms with Crippen LogP contribution in [0.3, 0.4) is 0 Å². The number of alkyl halides is 1. The maximum Gasteiger partial charge on any atom is 0.0649 e. The fraction of sp³-hybridized carbons (Fsp3) is 0.111. The van der Waals surface area contributed by atoms with Crippen molar-refractivity contribution in [3.8, 4) is 11.8 Å². The lowest BCUT2D eigenvalue weighted by Crippen LogP contribution is -1.75. The van der Waals surface area contributed by atoms with Crippen molar-refractivity contribution in [1.82, 2.24) is 0 Å². The Balaban J connectivity index is 2.97. The van der Waals surface area contributed by atoms with E-state index in [0.29, 0.717) is 15.4 Å². The van der Waals surface area contributed by atoms with E-state index in [-0.39, 0.29) is 0 Å². The van der Waals surface area contributed by atoms with Crippen molar-refractivity contribution < 1.29 is 0 Å². The summed E-state index contributed by atoms with van der Waals surface area (Å²) in [6, 6.07) is 5.32. The van der Waals surface area contributed by atoms with Crippen molar-refractivity contribution in [3.05, 3.63) is 33.8 Å². The van der Waals surface area contributed by atoms with E-state index in [2.05, 4.69) is 27.8 Å². The van der Waals surface area contributed by atoms with Crippen LogP contribution in [-0.2, 0) is 0 Å². The van der Waals surface area contributed by atoms with E-state index in [0.717, 1.165) is 5.56 Å². The summed E-state index contributed by atoms with van der Waals surface area (Å²) in [6.07, 6.45) is 0. The van der Waals surface area contributed by atoms with Crippen LogP contribution < -0.4 is 0 Å². The first-order chi connectivity index (χ1) is 5.74. The minimum absolute atomic E-state index is 0.540. The highest BCUT2D eigenvalue weighted by molar-refractivity contribution is 9.09. The second-order valence-electron chi connectivity index (χ2n) is 2.06. The molecule has 0 heterocycles. The summed E-state index contributed by atoms with van der Waals surface area (Å²) in [5, 5.41) is 1.76. The molecule has 0 radical (unpaired) electrons. The van der Waals surface area contributed by atoms with E-state index in [1.165, 1.54) is 0 Å². The number of benzene rings is 1. The van der Waals surface area contributed by atoms with Crippen molar-refractivity contribution in [2.75, 3.05) is 5.33 Å². The predicted octanol–water partition coefficient (Wildman–Crippen LogP) is 3.74. The number of halogens is 3. The molecule has 0 atom stereocenters. The molecule has 1 aromatic rings. The van der Waals surface area contributed by atoms with Gasteiger partial charge in [0.05, 0.1) is 15.4 Å². The van der Waals surface area contributed by atoms with Crippen LogP contribution in [-0.4, -0.2) is 5.33 Å². The van der Waals surface area contributed by atoms with E-state index in [1.54, 1.807) is 12.1 Å². The van der Waals surface area contributed by atoms with Crippen LogP contribution in [0, 0.1) is 11.8 Å². The van der Waals surface area contributed by atoms with Gasteiger partial charge in [0.25, 0.3) is 0 Å². The molecule has 12 heavy (non-hydrogen) atoms. The van der Waals surface area contributed by atoms with Crippen molar-refractivity contribution in [3.63, 3.8) is 0 Å². The third kappa shape index (κ3) is 2.71. The van der Waals surface area contributed by atoms with Crippen LogP contribution in [0.2, 0.25) is 10.0 Å². The molecule has 0 saturated carbocycles. The lowest BCUT2D eigenvalue weighted by molar-refractivity contribution is 1.64. The molecule has 1 rings (SSSR count). The average Bonchev–Trinajstić information content (AvgIpc) is 2.07. The second kappa shape index (κ2) is 4.77. The van der Waals surface area contributed by atoms with Gasteiger partial charge in [0, 0.05) is 5.56 Å². The highest BCUT2D eigenvalue weighted by Crippen LogP contribution is 2.21. The van der Waals surface area contributed by atoms with Crippen molar-refractivity contribution in [2.45, 2.75) is 0 Å². The molecule has 0 N–H and O–H groups in total. The van der Waals surface area contributed by atoms with Crippen molar-refractivity contribution in [1.29, 1.82) is 0 Å². The zero-order chi connectivity index (χ0) is 8.97. The van der Waals surface area contributed by atoms with E-state index < -0.39 is 0 Å². The summed E-state index contributed by atoms with van der Waals surface area (Å²) in [4.78, 5) is 0. The molecule has 0 aromatic heterocycles. The van der Waals surface area contributed by atoms with E-state index in [9.17, 15) is 0 Å². The Kier molecular flexibility index (Phi) is 3.94. The monoisotopic (exact) mass is 262 g/mol. The fourth-order valence-electron chi connectivity index (χ4n) is 0.709. The van der Waals surface area contributed by atoms with Crippen LogP contribution in [0.25, 0.3) is 0 Å². The van der Waals surface area contributed by atoms with E-state index >= 15 is 0 Å². The maximum atomic E-state index is 5.78. The fourth-order valence-corrected chi connectivity index (χ4v) is 1.15. The van der Waals surface area contributed by atoms with Crippen LogP contribution >= 0.6 is 39.1 Å². The Morgan fingerprint density at radius 1 is 1.25 bits per heavy atom. The number of hydrogen-bond donors (Lipinski definition) is 0. The minimum atomic E-state index is 0.540. The normalized spacial score (nSPS) is 8.92. The smallest absolute Gasteiger partial charge is 0.0649 e. The third-order valence-electron chi connectivity index (χ3n) is 1.22. The first-order valence-electron chi connectivity index (χ1n) is 3.24. The van der Waals surface area contributed by atoms with Gasteiger partial charge >= 0.3 is 0 Å². The van der Waals surface area contributed by atoms with E-state index in [1.807, 2.05) is 6.07 Å². The maximum absolute atomic E-state index is 5.78. The zero-order valence-electron chi connectivity index (χ0n) is 6.07. The molecule has 0 amide bonds. The van der Waals surface area contributed by atoms with Gasteiger partial charge in [-0.1, -0.05) is 51.0 Å². The molecule has 0 saturated heterocycles. The van der Waals surface area contributed by atoms with Gasteiger partial charge in [0.2, 0.25) is 0 Å². The molecule has 0 bridgehead atoms. The van der Waals surface area contributed by atoms with Crippen LogP contribution in [0.1, 0.15) is 5.56 Å². The average molecular weight is 264 g/mol. The molecule has 1 aromatic carbocycles. The van der Waals surface area contributed by atoms with Crippen molar-refractivity contribution >= 4 is 39.1 Å². The highest BCUT2D eigenvalue weighted by Gasteiger charge is 1.95. The first kappa shape index (κ1) is 9.92. The van der Waals surface area contributed by atoms with Gasteiger partial charge in [-0.25, -0.2) is 0 Å². The van der Waals surface area contributed by atoms with Crippen molar-refractivity contribution in [2.24, 2.45) is 0 Å². The molecule has 0 spiro atoms. The lowest BCUT2D eigenvalue weighted by Gasteiger charge is -1.94. The Labute approximate surface area is 90.0 Å². The standard InChI is InChI=1S/C9H5BrCl2/c10-5-1-2-7-3-4-8(11)9(12)6-7/h3-4,6H,5H2. The molecule has 0 nitrogen and oxygen atoms in total. The summed E-state index contributed by atoms with van der Waals surface area (Å²) in [5.41, 5.74) is 0.879. The predicted molar refractivity (Wildman–Crippen MR) is 57.1 cm³/mol. The van der Waals surface area contributed by atoms with Crippen LogP contribution in [0.15, 0.2) is 18.2 Å². The quantitative estimate of drug-likeness (QED) is 0.494. The van der Waals surface area contributed by atoms with Gasteiger partial charge < -0.3 is 0 Å². The zero-order valence-corrected chi connectivity index (χ0v) is 9.17. The molecule has 0 unspecified atom stereocenters. The molecule has 0 fully saturated rings. The van der Waals surface area contributed by atoms with Gasteiger partial charge in [0.15, 0.2) is 0 Å². The Morgan fingerprint density at radius 3 is 2.58 bits per heavy atom. The van der Waals surface area contributed by atoms with Crippen LogP contribution in [0.4, 0.5) is 0 Å². The Bertz CT molecular complexity index is 336. The lowest BCUT2D eigenvalue weighted by atomic mass is 10.2. The van der Waals surface area contributed by atoms with Gasteiger partial charge in [-0.2, -0.15) is 0 Å².